The zero-order valence-electron chi connectivity index (χ0n) is 74.0. The highest BCUT2D eigenvalue weighted by atomic mass is 19.1. The van der Waals surface area contributed by atoms with Gasteiger partial charge in [0.2, 0.25) is 0 Å². The van der Waals surface area contributed by atoms with E-state index >= 15 is 0 Å². The second-order valence-corrected chi connectivity index (χ2v) is 31.0. The first-order chi connectivity index (χ1) is 59.8. The van der Waals surface area contributed by atoms with Crippen LogP contribution >= 0.6 is 0 Å². The normalized spacial score (nSPS) is 15.5. The van der Waals surface area contributed by atoms with Gasteiger partial charge < -0.3 is 43.1 Å². The smallest absolute Gasteiger partial charge is 0.306 e. The van der Waals surface area contributed by atoms with Gasteiger partial charge in [-0.3, -0.25) is 57.5 Å². The number of halogens is 1. The van der Waals surface area contributed by atoms with Crippen molar-refractivity contribution in [2.75, 3.05) is 46.2 Å². The molecule has 0 spiro atoms. The summed E-state index contributed by atoms with van der Waals surface area (Å²) in [5, 5.41) is 46.6. The first-order valence-electron chi connectivity index (χ1n) is 41.1. The largest absolute Gasteiger partial charge is 0.466 e. The molecule has 37 heteroatoms. The highest BCUT2D eigenvalue weighted by Crippen LogP contribution is 2.43. The predicted octanol–water partition coefficient (Wildman–Crippen LogP) is 14.9. The number of carbonyl (C=O) groups excluding carboxylic acids is 12. The molecule has 0 saturated carbocycles. The number of hydrogen-bond donors (Lipinski definition) is 0. The third-order valence-electron chi connectivity index (χ3n) is 21.9. The summed E-state index contributed by atoms with van der Waals surface area (Å²) in [6, 6.07) is 24.3. The van der Waals surface area contributed by atoms with Crippen LogP contribution in [0.5, 0.6) is 0 Å². The zero-order valence-corrected chi connectivity index (χ0v) is 74.0. The summed E-state index contributed by atoms with van der Waals surface area (Å²) in [5.41, 5.74) is 7.69. The highest BCUT2D eigenvalue weighted by molar-refractivity contribution is 6.27. The van der Waals surface area contributed by atoms with Gasteiger partial charge >= 0.3 is 23.9 Å². The molecule has 0 heterocycles. The van der Waals surface area contributed by atoms with E-state index in [1.165, 1.54) is 19.1 Å². The number of hydrogen-bond acceptors (Lipinski definition) is 31. The first-order valence-corrected chi connectivity index (χ1v) is 41.1. The van der Waals surface area contributed by atoms with Crippen LogP contribution in [0, 0.1) is 61.8 Å². The van der Waals surface area contributed by atoms with Crippen molar-refractivity contribution in [2.24, 2.45) is 5.41 Å². The molecule has 688 valence electrons. The van der Waals surface area contributed by atoms with Gasteiger partial charge in [-0.2, -0.15) is 0 Å². The molecule has 4 aliphatic rings. The molecule has 0 saturated heterocycles. The van der Waals surface area contributed by atoms with Crippen LogP contribution in [0.2, 0.25) is 0 Å². The fourth-order valence-corrected chi connectivity index (χ4v) is 14.4. The standard InChI is InChI=1S/C23H26FNO7.2C23H27NO7.C21H30N2O10/c1-14-15(2)23(28)21(16(3)22(14)27)19(17-6-8-18(24)9-7-17)10-11-20(26)31-12-4-5-13-32-25(29)30;2*1-15-16(2)23(27)21(17(3)22(15)26)19(18-9-5-4-6-10-18)11-12-20(25)30-13-7-8-14-31-24(28)29;1-12-13(2)20(26)18(14(3)19(12)25)21(5,6)11-17(24)31-10-8-7-9-16(33-23(29)30)15(4)32-22(27)28/h6-9,19H,4-5,10-13H2,1-3H3;2*4-6,9-10,19H,7-8,11-14H2,1-3H3;15-16H,7-11H2,1-6H3. The lowest BCUT2D eigenvalue weighted by Gasteiger charge is -2.31. The minimum atomic E-state index is -1.15. The fraction of sp³-hybridized carbons (Fsp3) is 0.489. The van der Waals surface area contributed by atoms with Crippen molar-refractivity contribution in [2.45, 2.75) is 237 Å². The first kappa shape index (κ1) is 106. The van der Waals surface area contributed by atoms with Crippen LogP contribution in [-0.2, 0) is 101 Å². The molecule has 0 bridgehead atoms. The maximum atomic E-state index is 13.4. The van der Waals surface area contributed by atoms with Gasteiger partial charge in [0, 0.05) is 132 Å². The number of allylic oxidation sites excluding steroid dienone is 16. The molecule has 36 nitrogen and oxygen atoms in total. The minimum Gasteiger partial charge on any atom is -0.466 e. The molecular formula is C90H110FN5O31. The Morgan fingerprint density at radius 3 is 0.921 bits per heavy atom. The van der Waals surface area contributed by atoms with E-state index in [0.29, 0.717) is 159 Å². The lowest BCUT2D eigenvalue weighted by atomic mass is 9.71. The third kappa shape index (κ3) is 32.7. The number of ketones is 8. The summed E-state index contributed by atoms with van der Waals surface area (Å²) in [5.74, 6) is -5.29. The Kier molecular flexibility index (Phi) is 43.3. The number of benzene rings is 3. The SMILES string of the molecule is CC1=C(C)C(=O)C(C(C)(C)CC(=O)OCCCCC(O[N+](=O)[O-])C(C)O[N+](=O)[O-])=C(C)C1=O.CC1=C(C)C(=O)C(C(CCC(=O)OCCCCO[N+](=O)[O-])c2ccc(F)cc2)=C(C)C1=O.CC1=C(C)C(=O)C(C(CCC(=O)OCCCCO[N+](=O)[O-])c2ccccc2)=C(C)C1=O.CC1=C(C)C(=O)C(C(CCC(=O)OCCCCO[N+](=O)[O-])c2ccccc2)=C(C)C1=O. The van der Waals surface area contributed by atoms with E-state index in [0.717, 1.165) is 11.1 Å². The average molecular weight is 1780 g/mol. The Bertz CT molecular complexity index is 4740. The Balaban J connectivity index is 0.000000355. The van der Waals surface area contributed by atoms with Gasteiger partial charge in [-0.15, -0.1) is 50.6 Å². The quantitative estimate of drug-likeness (QED) is 0.0127. The Morgan fingerprint density at radius 2 is 0.606 bits per heavy atom. The number of esters is 4. The Hall–Kier alpha value is -13.3. The van der Waals surface area contributed by atoms with Gasteiger partial charge in [0.1, 0.15) is 18.0 Å². The molecule has 5 unspecified atom stereocenters. The van der Waals surface area contributed by atoms with Crippen molar-refractivity contribution < 1.29 is 130 Å². The van der Waals surface area contributed by atoms with E-state index in [1.54, 1.807) is 109 Å². The number of Topliss-reactive ketones (excluding diaryl/α,β-unsaturated/α-hetero) is 8. The van der Waals surface area contributed by atoms with Crippen LogP contribution in [0.25, 0.3) is 0 Å². The van der Waals surface area contributed by atoms with Crippen LogP contribution in [0.15, 0.2) is 174 Å². The number of unbranched alkanes of at least 4 members (excludes halogenated alkanes) is 4. The lowest BCUT2D eigenvalue weighted by Crippen LogP contribution is -2.33. The lowest BCUT2D eigenvalue weighted by molar-refractivity contribution is -0.798. The van der Waals surface area contributed by atoms with Crippen molar-refractivity contribution in [1.82, 2.24) is 0 Å². The molecule has 0 radical (unpaired) electrons. The minimum absolute atomic E-state index is 0.00746. The highest BCUT2D eigenvalue weighted by Gasteiger charge is 2.41. The van der Waals surface area contributed by atoms with Gasteiger partial charge in [0.25, 0.3) is 25.4 Å². The van der Waals surface area contributed by atoms with Crippen LogP contribution in [0.3, 0.4) is 0 Å². The number of ether oxygens (including phenoxy) is 4. The summed E-state index contributed by atoms with van der Waals surface area (Å²) < 4.78 is 34.2. The molecule has 0 amide bonds. The van der Waals surface area contributed by atoms with Gasteiger partial charge in [0.05, 0.1) is 52.7 Å². The van der Waals surface area contributed by atoms with E-state index in [9.17, 15) is 112 Å². The van der Waals surface area contributed by atoms with E-state index < -0.39 is 90.5 Å². The van der Waals surface area contributed by atoms with Crippen molar-refractivity contribution in [3.05, 3.63) is 247 Å². The second kappa shape index (κ2) is 51.9. The maximum absolute atomic E-state index is 13.4. The molecule has 0 aliphatic heterocycles. The third-order valence-corrected chi connectivity index (χ3v) is 21.9. The fourth-order valence-electron chi connectivity index (χ4n) is 14.4. The summed E-state index contributed by atoms with van der Waals surface area (Å²) in [7, 11) is 0. The molecule has 3 aromatic carbocycles. The van der Waals surface area contributed by atoms with Gasteiger partial charge in [0.15, 0.2) is 46.3 Å². The van der Waals surface area contributed by atoms with E-state index in [1.807, 2.05) is 60.7 Å². The molecule has 5 atom stereocenters. The Morgan fingerprint density at radius 1 is 0.331 bits per heavy atom. The van der Waals surface area contributed by atoms with Crippen molar-refractivity contribution >= 4 is 70.1 Å². The molecule has 4 aliphatic carbocycles. The van der Waals surface area contributed by atoms with Crippen molar-refractivity contribution in [3.63, 3.8) is 0 Å². The van der Waals surface area contributed by atoms with E-state index in [-0.39, 0.29) is 131 Å². The predicted molar refractivity (Wildman–Crippen MR) is 452 cm³/mol. The Labute approximate surface area is 732 Å². The number of carbonyl (C=O) groups is 12. The number of rotatable bonds is 46. The van der Waals surface area contributed by atoms with Gasteiger partial charge in [-0.25, -0.2) is 4.39 Å². The summed E-state index contributed by atoms with van der Waals surface area (Å²) in [6.45, 7) is 24.4. The van der Waals surface area contributed by atoms with Crippen LogP contribution in [0.1, 0.15) is 241 Å². The topological polar surface area (TPSA) is 504 Å². The van der Waals surface area contributed by atoms with Gasteiger partial charge in [-0.1, -0.05) is 86.6 Å². The van der Waals surface area contributed by atoms with Crippen molar-refractivity contribution in [3.8, 4) is 0 Å². The zero-order chi connectivity index (χ0) is 95.3. The van der Waals surface area contributed by atoms with Crippen LogP contribution < -0.4 is 0 Å². The van der Waals surface area contributed by atoms with Crippen LogP contribution in [0.4, 0.5) is 4.39 Å². The van der Waals surface area contributed by atoms with E-state index in [2.05, 4.69) is 24.2 Å². The van der Waals surface area contributed by atoms with Gasteiger partial charge in [-0.05, 0) is 196 Å². The summed E-state index contributed by atoms with van der Waals surface area (Å²) >= 11 is 0. The molecular weight excluding hydrogens is 1670 g/mol. The molecule has 3 aromatic rings. The molecule has 127 heavy (non-hydrogen) atoms. The average Bonchev–Trinajstić information content (AvgIpc) is 0.780. The molecule has 0 N–H and O–H groups in total. The molecule has 0 aromatic heterocycles. The van der Waals surface area contributed by atoms with E-state index in [4.69, 9.17) is 18.9 Å². The second-order valence-electron chi connectivity index (χ2n) is 31.0. The molecule has 0 fully saturated rings. The van der Waals surface area contributed by atoms with Crippen molar-refractivity contribution in [1.29, 1.82) is 0 Å². The summed E-state index contributed by atoms with van der Waals surface area (Å²) in [4.78, 5) is 224. The maximum Gasteiger partial charge on any atom is 0.306 e. The number of nitrogens with zero attached hydrogens (tertiary/aromatic N) is 5. The summed E-state index contributed by atoms with van der Waals surface area (Å²) in [6.07, 6.45) is 1.74. The molecule has 7 rings (SSSR count). The van der Waals surface area contributed by atoms with Crippen LogP contribution in [-0.4, -0.2) is 154 Å². The monoisotopic (exact) mass is 1780 g/mol.